The summed E-state index contributed by atoms with van der Waals surface area (Å²) < 4.78 is 1.82. The van der Waals surface area contributed by atoms with Gasteiger partial charge in [-0.2, -0.15) is 5.10 Å². The van der Waals surface area contributed by atoms with Crippen LogP contribution in [0.1, 0.15) is 23.5 Å². The Labute approximate surface area is 141 Å². The molecule has 0 radical (unpaired) electrons. The third kappa shape index (κ3) is 3.37. The Morgan fingerprint density at radius 2 is 2.26 bits per heavy atom. The molecule has 3 rings (SSSR count). The minimum atomic E-state index is -0.0130. The van der Waals surface area contributed by atoms with E-state index in [1.807, 2.05) is 60.4 Å². The fourth-order valence-corrected chi connectivity index (χ4v) is 3.66. The Bertz CT molecular complexity index is 712. The smallest absolute Gasteiger partial charge is 0.321 e. The first-order chi connectivity index (χ1) is 11.1. The molecule has 122 valence electrons. The van der Waals surface area contributed by atoms with E-state index in [-0.39, 0.29) is 6.03 Å². The number of benzene rings is 1. The van der Waals surface area contributed by atoms with Crippen LogP contribution in [0.5, 0.6) is 0 Å². The summed E-state index contributed by atoms with van der Waals surface area (Å²) in [6.07, 6.45) is 6.96. The molecule has 1 saturated heterocycles. The van der Waals surface area contributed by atoms with Gasteiger partial charge in [0.15, 0.2) is 0 Å². The summed E-state index contributed by atoms with van der Waals surface area (Å²) in [6.45, 7) is 3.56. The lowest BCUT2D eigenvalue weighted by atomic mass is 10.0. The van der Waals surface area contributed by atoms with Gasteiger partial charge in [-0.3, -0.25) is 4.68 Å². The van der Waals surface area contributed by atoms with Crippen LogP contribution in [0.3, 0.4) is 0 Å². The molecule has 1 fully saturated rings. The van der Waals surface area contributed by atoms with E-state index in [2.05, 4.69) is 10.4 Å². The van der Waals surface area contributed by atoms with Crippen molar-refractivity contribution in [3.05, 3.63) is 41.7 Å². The molecule has 0 saturated carbocycles. The number of hydrogen-bond donors (Lipinski definition) is 1. The Hall–Kier alpha value is -1.95. The van der Waals surface area contributed by atoms with E-state index < -0.39 is 0 Å². The minimum Gasteiger partial charge on any atom is -0.324 e. The number of urea groups is 1. The third-order valence-corrected chi connectivity index (χ3v) is 5.14. The third-order valence-electron chi connectivity index (χ3n) is 4.36. The summed E-state index contributed by atoms with van der Waals surface area (Å²) in [7, 11) is 1.92. The quantitative estimate of drug-likeness (QED) is 0.877. The number of likely N-dealkylation sites (tertiary alicyclic amines) is 1. The molecular formula is C17H22N4OS. The Kier molecular flexibility index (Phi) is 4.61. The van der Waals surface area contributed by atoms with Crippen molar-refractivity contribution >= 4 is 23.5 Å². The maximum atomic E-state index is 12.6. The molecule has 1 N–H and O–H groups in total. The Morgan fingerprint density at radius 3 is 2.96 bits per heavy atom. The van der Waals surface area contributed by atoms with Crippen LogP contribution in [0.15, 0.2) is 35.5 Å². The molecule has 1 aliphatic rings. The Balaban J connectivity index is 1.68. The fourth-order valence-electron chi connectivity index (χ4n) is 3.02. The van der Waals surface area contributed by atoms with Gasteiger partial charge >= 0.3 is 6.03 Å². The van der Waals surface area contributed by atoms with Crippen molar-refractivity contribution in [2.24, 2.45) is 7.05 Å². The molecule has 1 aromatic heterocycles. The van der Waals surface area contributed by atoms with Crippen molar-refractivity contribution in [2.45, 2.75) is 24.2 Å². The number of para-hydroxylation sites is 1. The van der Waals surface area contributed by atoms with Gasteiger partial charge in [0.05, 0.1) is 11.9 Å². The predicted molar refractivity (Wildman–Crippen MR) is 94.1 cm³/mol. The number of thioether (sulfide) groups is 1. The van der Waals surface area contributed by atoms with Crippen molar-refractivity contribution in [3.63, 3.8) is 0 Å². The first kappa shape index (κ1) is 15.9. The highest BCUT2D eigenvalue weighted by Gasteiger charge is 2.28. The van der Waals surface area contributed by atoms with E-state index in [1.165, 1.54) is 5.56 Å². The summed E-state index contributed by atoms with van der Waals surface area (Å²) in [4.78, 5) is 15.6. The van der Waals surface area contributed by atoms with Crippen LogP contribution in [0.25, 0.3) is 0 Å². The summed E-state index contributed by atoms with van der Waals surface area (Å²) in [5.41, 5.74) is 3.23. The first-order valence-electron chi connectivity index (χ1n) is 7.76. The first-order valence-corrected chi connectivity index (χ1v) is 8.99. The average molecular weight is 330 g/mol. The van der Waals surface area contributed by atoms with Crippen LogP contribution in [0.2, 0.25) is 0 Å². The predicted octanol–water partition coefficient (Wildman–Crippen LogP) is 3.47. The summed E-state index contributed by atoms with van der Waals surface area (Å²) in [5.74, 6) is 0.381. The number of aryl methyl sites for hydroxylation is 2. The lowest BCUT2D eigenvalue weighted by molar-refractivity contribution is 0.222. The number of carbonyl (C=O) groups is 1. The van der Waals surface area contributed by atoms with Crippen LogP contribution in [-0.4, -0.2) is 40.1 Å². The number of rotatable bonds is 3. The SMILES string of the molecule is CSc1cccc(C)c1NC(=O)N1CC[C@@H](c2cnn(C)c2)C1. The van der Waals surface area contributed by atoms with Gasteiger partial charge in [-0.1, -0.05) is 12.1 Å². The van der Waals surface area contributed by atoms with Crippen molar-refractivity contribution < 1.29 is 4.79 Å². The molecule has 5 nitrogen and oxygen atoms in total. The lowest BCUT2D eigenvalue weighted by Gasteiger charge is -2.19. The summed E-state index contributed by atoms with van der Waals surface area (Å²) >= 11 is 1.65. The fraction of sp³-hybridized carbons (Fsp3) is 0.412. The van der Waals surface area contributed by atoms with Gasteiger partial charge < -0.3 is 10.2 Å². The van der Waals surface area contributed by atoms with E-state index in [4.69, 9.17) is 0 Å². The number of hydrogen-bond acceptors (Lipinski definition) is 3. The van der Waals surface area contributed by atoms with Gasteiger partial charge in [-0.15, -0.1) is 11.8 Å². The number of carbonyl (C=O) groups excluding carboxylic acids is 1. The molecule has 23 heavy (non-hydrogen) atoms. The molecule has 1 aliphatic heterocycles. The van der Waals surface area contributed by atoms with Crippen LogP contribution >= 0.6 is 11.8 Å². The molecule has 0 bridgehead atoms. The number of anilines is 1. The van der Waals surface area contributed by atoms with Crippen LogP contribution in [0, 0.1) is 6.92 Å². The summed E-state index contributed by atoms with van der Waals surface area (Å²) in [6, 6.07) is 6.07. The van der Waals surface area contributed by atoms with E-state index in [9.17, 15) is 4.79 Å². The molecule has 2 heterocycles. The van der Waals surface area contributed by atoms with Crippen molar-refractivity contribution in [3.8, 4) is 0 Å². The molecule has 2 aromatic rings. The van der Waals surface area contributed by atoms with Crippen LogP contribution < -0.4 is 5.32 Å². The highest BCUT2D eigenvalue weighted by atomic mass is 32.2. The maximum Gasteiger partial charge on any atom is 0.321 e. The molecule has 0 unspecified atom stereocenters. The second kappa shape index (κ2) is 6.66. The van der Waals surface area contributed by atoms with Gasteiger partial charge in [0, 0.05) is 37.1 Å². The van der Waals surface area contributed by atoms with Crippen molar-refractivity contribution in [1.82, 2.24) is 14.7 Å². The van der Waals surface area contributed by atoms with Crippen molar-refractivity contribution in [1.29, 1.82) is 0 Å². The van der Waals surface area contributed by atoms with Gasteiger partial charge in [0.2, 0.25) is 0 Å². The number of amides is 2. The van der Waals surface area contributed by atoms with Gasteiger partial charge in [0.1, 0.15) is 0 Å². The van der Waals surface area contributed by atoms with Gasteiger partial charge in [0.25, 0.3) is 0 Å². The molecule has 6 heteroatoms. The zero-order chi connectivity index (χ0) is 16.4. The maximum absolute atomic E-state index is 12.6. The average Bonchev–Trinajstić information content (AvgIpc) is 3.18. The minimum absolute atomic E-state index is 0.0130. The highest BCUT2D eigenvalue weighted by molar-refractivity contribution is 7.98. The molecular weight excluding hydrogens is 308 g/mol. The molecule has 2 amide bonds. The number of nitrogens with zero attached hydrogens (tertiary/aromatic N) is 3. The zero-order valence-corrected chi connectivity index (χ0v) is 14.6. The Morgan fingerprint density at radius 1 is 1.43 bits per heavy atom. The number of nitrogens with one attached hydrogen (secondary N) is 1. The van der Waals surface area contributed by atoms with Crippen molar-refractivity contribution in [2.75, 3.05) is 24.7 Å². The molecule has 1 aromatic carbocycles. The van der Waals surface area contributed by atoms with E-state index in [1.54, 1.807) is 11.8 Å². The summed E-state index contributed by atoms with van der Waals surface area (Å²) in [5, 5.41) is 7.32. The number of aromatic nitrogens is 2. The van der Waals surface area contributed by atoms with Gasteiger partial charge in [-0.05, 0) is 36.8 Å². The van der Waals surface area contributed by atoms with E-state index in [0.717, 1.165) is 35.7 Å². The van der Waals surface area contributed by atoms with Gasteiger partial charge in [-0.25, -0.2) is 4.79 Å². The monoisotopic (exact) mass is 330 g/mol. The second-order valence-corrected chi connectivity index (χ2v) is 6.81. The van der Waals surface area contributed by atoms with Crippen LogP contribution in [-0.2, 0) is 7.05 Å². The largest absolute Gasteiger partial charge is 0.324 e. The van der Waals surface area contributed by atoms with E-state index >= 15 is 0 Å². The lowest BCUT2D eigenvalue weighted by Crippen LogP contribution is -2.33. The highest BCUT2D eigenvalue weighted by Crippen LogP contribution is 2.30. The van der Waals surface area contributed by atoms with Crippen LogP contribution in [0.4, 0.5) is 10.5 Å². The van der Waals surface area contributed by atoms with E-state index in [0.29, 0.717) is 5.92 Å². The molecule has 1 atom stereocenters. The molecule has 0 aliphatic carbocycles. The molecule has 0 spiro atoms. The topological polar surface area (TPSA) is 50.2 Å². The zero-order valence-electron chi connectivity index (χ0n) is 13.7. The normalized spacial score (nSPS) is 17.5. The second-order valence-electron chi connectivity index (χ2n) is 5.96. The standard InChI is InChI=1S/C17H22N4OS/c1-12-5-4-6-15(23-3)16(12)19-17(22)21-8-7-13(11-21)14-9-18-20(2)10-14/h4-6,9-10,13H,7-8,11H2,1-3H3,(H,19,22)/t13-/m1/s1.